The lowest BCUT2D eigenvalue weighted by atomic mass is 9.82. The number of ether oxygens (including phenoxy) is 1. The minimum Gasteiger partial charge on any atom is -0.550 e. The van der Waals surface area contributed by atoms with Gasteiger partial charge in [0.2, 0.25) is 0 Å². The van der Waals surface area contributed by atoms with Crippen molar-refractivity contribution in [3.8, 4) is 5.75 Å². The van der Waals surface area contributed by atoms with Gasteiger partial charge in [-0.25, -0.2) is 4.79 Å². The molecular weight excluding hydrogens is 458 g/mol. The summed E-state index contributed by atoms with van der Waals surface area (Å²) in [6, 6.07) is 13.4. The lowest BCUT2D eigenvalue weighted by molar-refractivity contribution is -0.312. The Morgan fingerprint density at radius 1 is 1.11 bits per heavy atom. The molecule has 1 N–H and O–H groups in total. The Balaban J connectivity index is 1.50. The molecule has 0 radical (unpaired) electrons. The second-order valence-corrected chi connectivity index (χ2v) is 9.83. The Kier molecular flexibility index (Phi) is 7.77. The van der Waals surface area contributed by atoms with E-state index in [4.69, 9.17) is 9.15 Å². The fraction of sp³-hybridized carbons (Fsp3) is 0.414. The third kappa shape index (κ3) is 5.78. The molecule has 36 heavy (non-hydrogen) atoms. The molecule has 0 saturated heterocycles. The minimum atomic E-state index is -0.983. The monoisotopic (exact) mass is 490 g/mol. The number of fused-ring (bicyclic) bond motifs is 1. The summed E-state index contributed by atoms with van der Waals surface area (Å²) < 4.78 is 11.8. The van der Waals surface area contributed by atoms with Crippen LogP contribution in [0.25, 0.3) is 11.0 Å². The van der Waals surface area contributed by atoms with E-state index in [1.807, 2.05) is 50.2 Å². The molecule has 1 saturated carbocycles. The molecule has 2 aromatic carbocycles. The van der Waals surface area contributed by atoms with Gasteiger partial charge in [-0.05, 0) is 87.1 Å². The van der Waals surface area contributed by atoms with E-state index in [0.29, 0.717) is 48.1 Å². The lowest BCUT2D eigenvalue weighted by Crippen LogP contribution is -2.40. The zero-order chi connectivity index (χ0) is 25.8. The molecule has 1 aromatic heterocycles. The number of rotatable bonds is 8. The number of amides is 1. The molecule has 4 rings (SSSR count). The van der Waals surface area contributed by atoms with Crippen LogP contribution in [0.1, 0.15) is 54.9 Å². The van der Waals surface area contributed by atoms with Crippen LogP contribution in [0.4, 0.5) is 0 Å². The van der Waals surface area contributed by atoms with Gasteiger partial charge in [0.15, 0.2) is 6.10 Å². The highest BCUT2D eigenvalue weighted by atomic mass is 16.5. The van der Waals surface area contributed by atoms with E-state index >= 15 is 0 Å². The van der Waals surface area contributed by atoms with Gasteiger partial charge < -0.3 is 24.4 Å². The molecule has 0 bridgehead atoms. The standard InChI is InChI=1S/C29H33NO6/c1-17-13-24(35-19(3)27(31)30-16-21-9-11-22(12-10-21)28(32)33)26-18(2)23(29(34)36-25(26)14-17)15-20-7-5-4-6-8-20/h4-8,13-14,19,21-22H,9-12,15-16H2,1-3H3,(H,30,31)(H,32,33)/p-1/t19-,21?,22?/m0/s1. The second-order valence-electron chi connectivity index (χ2n) is 9.83. The minimum absolute atomic E-state index is 0.244. The topological polar surface area (TPSA) is 109 Å². The average molecular weight is 491 g/mol. The molecule has 0 spiro atoms. The van der Waals surface area contributed by atoms with Crippen LogP contribution in [0, 0.1) is 25.7 Å². The highest BCUT2D eigenvalue weighted by Gasteiger charge is 2.24. The van der Waals surface area contributed by atoms with Crippen molar-refractivity contribution in [2.45, 2.75) is 59.0 Å². The van der Waals surface area contributed by atoms with E-state index in [2.05, 4.69) is 5.32 Å². The van der Waals surface area contributed by atoms with Gasteiger partial charge in [-0.15, -0.1) is 0 Å². The first-order chi connectivity index (χ1) is 17.2. The van der Waals surface area contributed by atoms with Crippen LogP contribution < -0.4 is 20.8 Å². The summed E-state index contributed by atoms with van der Waals surface area (Å²) in [5.41, 5.74) is 3.25. The van der Waals surface area contributed by atoms with Gasteiger partial charge in [-0.2, -0.15) is 0 Å². The fourth-order valence-corrected chi connectivity index (χ4v) is 4.97. The van der Waals surface area contributed by atoms with Crippen LogP contribution >= 0.6 is 0 Å². The molecule has 1 atom stereocenters. The first kappa shape index (κ1) is 25.5. The van der Waals surface area contributed by atoms with E-state index in [0.717, 1.165) is 29.5 Å². The maximum absolute atomic E-state index is 12.8. The molecule has 7 heteroatoms. The van der Waals surface area contributed by atoms with Crippen molar-refractivity contribution in [2.24, 2.45) is 11.8 Å². The predicted molar refractivity (Wildman–Crippen MR) is 135 cm³/mol. The predicted octanol–water partition coefficient (Wildman–Crippen LogP) is 3.44. The Bertz CT molecular complexity index is 1300. The van der Waals surface area contributed by atoms with Crippen LogP contribution in [0.5, 0.6) is 5.75 Å². The Morgan fingerprint density at radius 3 is 2.47 bits per heavy atom. The molecule has 1 fully saturated rings. The van der Waals surface area contributed by atoms with Crippen molar-refractivity contribution in [1.82, 2.24) is 5.32 Å². The number of carbonyl (C=O) groups excluding carboxylic acids is 2. The Morgan fingerprint density at radius 2 is 1.81 bits per heavy atom. The van der Waals surface area contributed by atoms with Gasteiger partial charge in [-0.1, -0.05) is 30.3 Å². The largest absolute Gasteiger partial charge is 0.550 e. The van der Waals surface area contributed by atoms with Crippen molar-refractivity contribution < 1.29 is 23.8 Å². The average Bonchev–Trinajstić information content (AvgIpc) is 2.85. The van der Waals surface area contributed by atoms with Crippen LogP contribution in [-0.2, 0) is 16.0 Å². The van der Waals surface area contributed by atoms with Gasteiger partial charge in [0.25, 0.3) is 5.91 Å². The third-order valence-corrected chi connectivity index (χ3v) is 7.13. The van der Waals surface area contributed by atoms with E-state index in [1.165, 1.54) is 0 Å². The summed E-state index contributed by atoms with van der Waals surface area (Å²) >= 11 is 0. The summed E-state index contributed by atoms with van der Waals surface area (Å²) in [5, 5.41) is 14.7. The number of carboxylic acid groups (broad SMARTS) is 1. The first-order valence-corrected chi connectivity index (χ1v) is 12.5. The van der Waals surface area contributed by atoms with Crippen molar-refractivity contribution in [3.05, 3.63) is 75.1 Å². The molecule has 1 aliphatic rings. The second kappa shape index (κ2) is 11.0. The summed E-state index contributed by atoms with van der Waals surface area (Å²) in [6.45, 7) is 5.94. The molecular formula is C29H32NO6-. The van der Waals surface area contributed by atoms with E-state index in [1.54, 1.807) is 13.0 Å². The number of benzene rings is 2. The highest BCUT2D eigenvalue weighted by molar-refractivity contribution is 5.89. The van der Waals surface area contributed by atoms with Crippen LogP contribution in [0.2, 0.25) is 0 Å². The summed E-state index contributed by atoms with van der Waals surface area (Å²) in [7, 11) is 0. The van der Waals surface area contributed by atoms with Crippen molar-refractivity contribution in [2.75, 3.05) is 6.54 Å². The van der Waals surface area contributed by atoms with Crippen LogP contribution in [-0.4, -0.2) is 24.5 Å². The molecule has 1 aliphatic carbocycles. The van der Waals surface area contributed by atoms with Crippen molar-refractivity contribution >= 4 is 22.8 Å². The normalized spacial score (nSPS) is 18.5. The molecule has 0 aliphatic heterocycles. The zero-order valence-electron chi connectivity index (χ0n) is 21.0. The van der Waals surface area contributed by atoms with E-state index < -0.39 is 12.1 Å². The zero-order valence-corrected chi connectivity index (χ0v) is 21.0. The molecule has 0 unspecified atom stereocenters. The Labute approximate surface area is 210 Å². The summed E-state index contributed by atoms with van der Waals surface area (Å²) in [4.78, 5) is 36.7. The molecule has 7 nitrogen and oxygen atoms in total. The first-order valence-electron chi connectivity index (χ1n) is 12.5. The van der Waals surface area contributed by atoms with Gasteiger partial charge in [0.05, 0.1) is 5.39 Å². The van der Waals surface area contributed by atoms with Gasteiger partial charge in [0, 0.05) is 24.5 Å². The number of hydrogen-bond donors (Lipinski definition) is 1. The van der Waals surface area contributed by atoms with Crippen molar-refractivity contribution in [3.63, 3.8) is 0 Å². The number of hydrogen-bond acceptors (Lipinski definition) is 6. The quantitative estimate of drug-likeness (QED) is 0.485. The van der Waals surface area contributed by atoms with E-state index in [9.17, 15) is 19.5 Å². The Hall–Kier alpha value is -3.61. The van der Waals surface area contributed by atoms with Crippen LogP contribution in [0.3, 0.4) is 0 Å². The van der Waals surface area contributed by atoms with Gasteiger partial charge >= 0.3 is 5.63 Å². The SMILES string of the molecule is Cc1cc(O[C@@H](C)C(=O)NCC2CCC(C(=O)[O-])CC2)c2c(C)c(Cc3ccccc3)c(=O)oc2c1. The van der Waals surface area contributed by atoms with Gasteiger partial charge in [-0.3, -0.25) is 4.79 Å². The number of carbonyl (C=O) groups is 2. The lowest BCUT2D eigenvalue weighted by Gasteiger charge is -2.29. The highest BCUT2D eigenvalue weighted by Crippen LogP contribution is 2.32. The number of aliphatic carboxylic acids is 1. The smallest absolute Gasteiger partial charge is 0.340 e. The van der Waals surface area contributed by atoms with Crippen LogP contribution in [0.15, 0.2) is 51.7 Å². The number of aryl methyl sites for hydroxylation is 2. The molecule has 3 aromatic rings. The summed E-state index contributed by atoms with van der Waals surface area (Å²) in [5.74, 6) is -0.871. The number of nitrogens with one attached hydrogen (secondary N) is 1. The molecule has 190 valence electrons. The fourth-order valence-electron chi connectivity index (χ4n) is 4.97. The third-order valence-electron chi connectivity index (χ3n) is 7.13. The summed E-state index contributed by atoms with van der Waals surface area (Å²) in [6.07, 6.45) is 2.34. The molecule has 1 heterocycles. The molecule has 1 amide bonds. The van der Waals surface area contributed by atoms with Gasteiger partial charge in [0.1, 0.15) is 11.3 Å². The van der Waals surface area contributed by atoms with E-state index in [-0.39, 0.29) is 23.4 Å². The maximum Gasteiger partial charge on any atom is 0.340 e. The number of carboxylic acids is 1. The maximum atomic E-state index is 12.8. The van der Waals surface area contributed by atoms with Crippen molar-refractivity contribution in [1.29, 1.82) is 0 Å².